The second-order valence-corrected chi connectivity index (χ2v) is 8.77. The zero-order valence-electron chi connectivity index (χ0n) is 16.9. The van der Waals surface area contributed by atoms with Crippen molar-refractivity contribution in [2.45, 2.75) is 18.9 Å². The second kappa shape index (κ2) is 9.64. The number of carbonyl (C=O) groups excluding carboxylic acids is 2. The lowest BCUT2D eigenvalue weighted by Crippen LogP contribution is -2.35. The van der Waals surface area contributed by atoms with E-state index in [0.29, 0.717) is 32.8 Å². The van der Waals surface area contributed by atoms with Crippen molar-refractivity contribution in [3.63, 3.8) is 0 Å². The van der Waals surface area contributed by atoms with Gasteiger partial charge in [0.1, 0.15) is 4.32 Å². The van der Waals surface area contributed by atoms with Crippen LogP contribution in [0.5, 0.6) is 11.5 Å². The molecule has 2 aliphatic rings. The van der Waals surface area contributed by atoms with E-state index in [1.807, 2.05) is 6.07 Å². The highest BCUT2D eigenvalue weighted by Gasteiger charge is 2.34. The summed E-state index contributed by atoms with van der Waals surface area (Å²) >= 11 is 6.67. The molecular weight excluding hydrogens is 434 g/mol. The number of hydrogen-bond donors (Lipinski definition) is 0. The van der Waals surface area contributed by atoms with Gasteiger partial charge in [0.05, 0.1) is 30.2 Å². The standard InChI is InChI=1S/C23H21NO5S2/c1-27-19-12-15(9-10-18(19)29-22(26)16-6-3-2-4-7-16)13-20-21(25)24(23(30)31-20)14-17-8-5-11-28-17/h2-4,6-7,9-10,12-13,17H,5,8,11,14H2,1H3/b20-13-/t17-/m0/s1. The molecule has 0 unspecified atom stereocenters. The molecular formula is C23H21NO5S2. The van der Waals surface area contributed by atoms with Crippen molar-refractivity contribution in [3.05, 3.63) is 64.6 Å². The average molecular weight is 456 g/mol. The van der Waals surface area contributed by atoms with E-state index in [0.717, 1.165) is 25.0 Å². The molecule has 6 nitrogen and oxygen atoms in total. The Hall–Kier alpha value is -2.68. The van der Waals surface area contributed by atoms with Crippen LogP contribution in [0.4, 0.5) is 0 Å². The molecule has 0 radical (unpaired) electrons. The molecule has 4 rings (SSSR count). The Morgan fingerprint density at radius 2 is 2.06 bits per heavy atom. The van der Waals surface area contributed by atoms with Gasteiger partial charge in [-0.25, -0.2) is 4.79 Å². The molecule has 0 saturated carbocycles. The molecule has 0 bridgehead atoms. The predicted octanol–water partition coefficient (Wildman–Crippen LogP) is 4.29. The lowest BCUT2D eigenvalue weighted by molar-refractivity contribution is -0.123. The van der Waals surface area contributed by atoms with E-state index in [9.17, 15) is 9.59 Å². The molecule has 0 spiro atoms. The summed E-state index contributed by atoms with van der Waals surface area (Å²) in [7, 11) is 1.50. The second-order valence-electron chi connectivity index (χ2n) is 7.09. The minimum Gasteiger partial charge on any atom is -0.493 e. The van der Waals surface area contributed by atoms with E-state index in [-0.39, 0.29) is 12.0 Å². The van der Waals surface area contributed by atoms with Gasteiger partial charge in [0.25, 0.3) is 5.91 Å². The number of esters is 1. The maximum absolute atomic E-state index is 12.8. The molecule has 2 fully saturated rings. The number of benzene rings is 2. The summed E-state index contributed by atoms with van der Waals surface area (Å²) in [5, 5.41) is 0. The van der Waals surface area contributed by atoms with Gasteiger partial charge in [0.2, 0.25) is 0 Å². The summed E-state index contributed by atoms with van der Waals surface area (Å²) in [6, 6.07) is 13.9. The molecule has 2 saturated heterocycles. The van der Waals surface area contributed by atoms with E-state index in [1.165, 1.54) is 18.9 Å². The van der Waals surface area contributed by atoms with Crippen LogP contribution >= 0.6 is 24.0 Å². The van der Waals surface area contributed by atoms with Gasteiger partial charge in [0, 0.05) is 6.61 Å². The van der Waals surface area contributed by atoms with Crippen molar-refractivity contribution >= 4 is 46.3 Å². The lowest BCUT2D eigenvalue weighted by atomic mass is 10.1. The third kappa shape index (κ3) is 4.98. The van der Waals surface area contributed by atoms with Crippen LogP contribution in [0.1, 0.15) is 28.8 Å². The highest BCUT2D eigenvalue weighted by atomic mass is 32.2. The summed E-state index contributed by atoms with van der Waals surface area (Å²) in [5.74, 6) is 0.109. The first-order chi connectivity index (χ1) is 15.0. The molecule has 2 aromatic carbocycles. The van der Waals surface area contributed by atoms with Crippen LogP contribution in [0.2, 0.25) is 0 Å². The lowest BCUT2D eigenvalue weighted by Gasteiger charge is -2.18. The maximum atomic E-state index is 12.8. The zero-order chi connectivity index (χ0) is 21.8. The van der Waals surface area contributed by atoms with E-state index in [4.69, 9.17) is 26.4 Å². The van der Waals surface area contributed by atoms with Crippen molar-refractivity contribution in [1.82, 2.24) is 4.90 Å². The summed E-state index contributed by atoms with van der Waals surface area (Å²) in [5.41, 5.74) is 1.19. The number of amides is 1. The number of hydrogen-bond acceptors (Lipinski definition) is 7. The fourth-order valence-electron chi connectivity index (χ4n) is 3.39. The third-order valence-corrected chi connectivity index (χ3v) is 6.36. The molecule has 0 aromatic heterocycles. The van der Waals surface area contributed by atoms with E-state index >= 15 is 0 Å². The number of ether oxygens (including phenoxy) is 3. The van der Waals surface area contributed by atoms with E-state index < -0.39 is 5.97 Å². The molecule has 1 amide bonds. The number of carbonyl (C=O) groups is 2. The summed E-state index contributed by atoms with van der Waals surface area (Å²) < 4.78 is 17.0. The third-order valence-electron chi connectivity index (χ3n) is 4.98. The van der Waals surface area contributed by atoms with Gasteiger partial charge in [-0.05, 0) is 48.7 Å². The van der Waals surface area contributed by atoms with E-state index in [2.05, 4.69) is 0 Å². The molecule has 1 atom stereocenters. The quantitative estimate of drug-likeness (QED) is 0.279. The summed E-state index contributed by atoms with van der Waals surface area (Å²) in [6.07, 6.45) is 3.76. The monoisotopic (exact) mass is 455 g/mol. The smallest absolute Gasteiger partial charge is 0.343 e. The topological polar surface area (TPSA) is 65.1 Å². The van der Waals surface area contributed by atoms with Gasteiger partial charge >= 0.3 is 5.97 Å². The number of methoxy groups -OCH3 is 1. The van der Waals surface area contributed by atoms with Crippen LogP contribution < -0.4 is 9.47 Å². The molecule has 2 heterocycles. The van der Waals surface area contributed by atoms with Gasteiger partial charge in [-0.3, -0.25) is 9.69 Å². The number of nitrogens with zero attached hydrogens (tertiary/aromatic N) is 1. The first-order valence-electron chi connectivity index (χ1n) is 9.87. The van der Waals surface area contributed by atoms with Crippen LogP contribution in [-0.2, 0) is 9.53 Å². The summed E-state index contributed by atoms with van der Waals surface area (Å²) in [4.78, 5) is 27.3. The van der Waals surface area contributed by atoms with Gasteiger partial charge in [0.15, 0.2) is 11.5 Å². The largest absolute Gasteiger partial charge is 0.493 e. The molecule has 0 aliphatic carbocycles. The van der Waals surface area contributed by atoms with Crippen molar-refractivity contribution in [3.8, 4) is 11.5 Å². The number of thioether (sulfide) groups is 1. The number of rotatable bonds is 6. The Balaban J connectivity index is 1.49. The highest BCUT2D eigenvalue weighted by Crippen LogP contribution is 2.35. The molecule has 160 valence electrons. The SMILES string of the molecule is COc1cc(/C=C2\SC(=S)N(C[C@@H]3CCCO3)C2=O)ccc1OC(=O)c1ccccc1. The fourth-order valence-corrected chi connectivity index (χ4v) is 4.67. The molecule has 2 aromatic rings. The van der Waals surface area contributed by atoms with Gasteiger partial charge in [-0.2, -0.15) is 0 Å². The van der Waals surface area contributed by atoms with E-state index in [1.54, 1.807) is 53.4 Å². The van der Waals surface area contributed by atoms with Crippen molar-refractivity contribution < 1.29 is 23.8 Å². The fraction of sp³-hybridized carbons (Fsp3) is 0.261. The Morgan fingerprint density at radius 3 is 2.77 bits per heavy atom. The molecule has 0 N–H and O–H groups in total. The van der Waals surface area contributed by atoms with Crippen molar-refractivity contribution in [2.24, 2.45) is 0 Å². The van der Waals surface area contributed by atoms with Crippen LogP contribution in [0, 0.1) is 0 Å². The van der Waals surface area contributed by atoms with Crippen LogP contribution in [-0.4, -0.2) is 47.5 Å². The Morgan fingerprint density at radius 1 is 1.26 bits per heavy atom. The molecule has 2 aliphatic heterocycles. The normalized spacial score (nSPS) is 19.8. The zero-order valence-corrected chi connectivity index (χ0v) is 18.5. The Bertz CT molecular complexity index is 1030. The summed E-state index contributed by atoms with van der Waals surface area (Å²) in [6.45, 7) is 1.22. The van der Waals surface area contributed by atoms with Crippen LogP contribution in [0.3, 0.4) is 0 Å². The molecule has 8 heteroatoms. The number of thiocarbonyl (C=S) groups is 1. The highest BCUT2D eigenvalue weighted by molar-refractivity contribution is 8.26. The minimum absolute atomic E-state index is 0.0422. The van der Waals surface area contributed by atoms with Gasteiger partial charge < -0.3 is 14.2 Å². The van der Waals surface area contributed by atoms with Crippen molar-refractivity contribution in [1.29, 1.82) is 0 Å². The minimum atomic E-state index is -0.471. The van der Waals surface area contributed by atoms with Gasteiger partial charge in [-0.15, -0.1) is 0 Å². The Labute approximate surface area is 190 Å². The Kier molecular flexibility index (Phi) is 6.70. The molecule has 31 heavy (non-hydrogen) atoms. The van der Waals surface area contributed by atoms with Crippen LogP contribution in [0.15, 0.2) is 53.4 Å². The van der Waals surface area contributed by atoms with Gasteiger partial charge in [-0.1, -0.05) is 48.2 Å². The first-order valence-corrected chi connectivity index (χ1v) is 11.1. The average Bonchev–Trinajstić information content (AvgIpc) is 3.39. The predicted molar refractivity (Wildman–Crippen MR) is 123 cm³/mol. The maximum Gasteiger partial charge on any atom is 0.343 e. The van der Waals surface area contributed by atoms with Crippen LogP contribution in [0.25, 0.3) is 6.08 Å². The van der Waals surface area contributed by atoms with Crippen molar-refractivity contribution in [2.75, 3.05) is 20.3 Å². The first kappa shape index (κ1) is 21.5.